The Kier molecular flexibility index (Phi) is 4.33. The predicted molar refractivity (Wildman–Crippen MR) is 96.1 cm³/mol. The fraction of sp³-hybridized carbons (Fsp3) is 0.350. The molecule has 3 nitrogen and oxygen atoms in total. The van der Waals surface area contributed by atoms with Gasteiger partial charge in [0.15, 0.2) is 0 Å². The van der Waals surface area contributed by atoms with Crippen LogP contribution in [0.15, 0.2) is 53.4 Å². The van der Waals surface area contributed by atoms with Crippen molar-refractivity contribution in [3.63, 3.8) is 0 Å². The van der Waals surface area contributed by atoms with Crippen LogP contribution >= 0.6 is 11.8 Å². The second kappa shape index (κ2) is 6.61. The number of fused-ring (bicyclic) bond motifs is 2. The quantitative estimate of drug-likeness (QED) is 0.913. The lowest BCUT2D eigenvalue weighted by Gasteiger charge is -2.39. The van der Waals surface area contributed by atoms with Gasteiger partial charge in [-0.3, -0.25) is 4.79 Å². The highest BCUT2D eigenvalue weighted by molar-refractivity contribution is 7.99. The van der Waals surface area contributed by atoms with Crippen LogP contribution in [0.1, 0.15) is 29.0 Å². The second-order valence-corrected chi connectivity index (χ2v) is 7.64. The number of aliphatic hydroxyl groups excluding tert-OH is 1. The molecule has 0 saturated heterocycles. The van der Waals surface area contributed by atoms with E-state index in [4.69, 9.17) is 0 Å². The molecule has 0 fully saturated rings. The molecule has 2 aromatic rings. The molecule has 2 heterocycles. The van der Waals surface area contributed by atoms with E-state index in [-0.39, 0.29) is 24.5 Å². The third-order valence-corrected chi connectivity index (χ3v) is 6.23. The average Bonchev–Trinajstić information content (AvgIpc) is 2.66. The van der Waals surface area contributed by atoms with Gasteiger partial charge in [0.05, 0.1) is 18.6 Å². The number of carbonyl (C=O) groups excluding carboxylic acids is 1. The van der Waals surface area contributed by atoms with Crippen molar-refractivity contribution in [3.05, 3.63) is 65.2 Å². The highest BCUT2D eigenvalue weighted by Gasteiger charge is 2.35. The summed E-state index contributed by atoms with van der Waals surface area (Å²) >= 11 is 1.83. The van der Waals surface area contributed by atoms with E-state index in [9.17, 15) is 9.90 Å². The third kappa shape index (κ3) is 2.74. The average molecular weight is 339 g/mol. The van der Waals surface area contributed by atoms with Gasteiger partial charge in [-0.2, -0.15) is 0 Å². The molecule has 1 amide bonds. The maximum absolute atomic E-state index is 13.3. The predicted octanol–water partition coefficient (Wildman–Crippen LogP) is 3.21. The van der Waals surface area contributed by atoms with E-state index in [0.717, 1.165) is 24.2 Å². The Labute approximate surface area is 146 Å². The maximum Gasteiger partial charge on any atom is 0.230 e. The normalized spacial score (nSPS) is 22.6. The van der Waals surface area contributed by atoms with Gasteiger partial charge in [-0.05, 0) is 41.4 Å². The SMILES string of the molecule is O=C(C1CCSc2ccccc21)N1Cc2ccccc2C[C@@H]1CO. The first-order valence-electron chi connectivity index (χ1n) is 8.48. The molecule has 0 radical (unpaired) electrons. The molecule has 2 aliphatic heterocycles. The minimum absolute atomic E-state index is 0.0171. The number of nitrogens with zero attached hydrogens (tertiary/aromatic N) is 1. The monoisotopic (exact) mass is 339 g/mol. The van der Waals surface area contributed by atoms with E-state index >= 15 is 0 Å². The Morgan fingerprint density at radius 2 is 1.88 bits per heavy atom. The lowest BCUT2D eigenvalue weighted by molar-refractivity contribution is -0.137. The summed E-state index contributed by atoms with van der Waals surface area (Å²) in [4.78, 5) is 16.4. The van der Waals surface area contributed by atoms with Gasteiger partial charge in [0, 0.05) is 11.4 Å². The van der Waals surface area contributed by atoms with Crippen LogP contribution in [0.4, 0.5) is 0 Å². The van der Waals surface area contributed by atoms with Gasteiger partial charge in [-0.1, -0.05) is 42.5 Å². The number of rotatable bonds is 2. The molecule has 0 aliphatic carbocycles. The number of hydrogen-bond donors (Lipinski definition) is 1. The molecule has 0 aromatic heterocycles. The van der Waals surface area contributed by atoms with E-state index in [2.05, 4.69) is 24.3 Å². The fourth-order valence-electron chi connectivity index (χ4n) is 3.81. The topological polar surface area (TPSA) is 40.5 Å². The van der Waals surface area contributed by atoms with Crippen molar-refractivity contribution in [1.29, 1.82) is 0 Å². The Morgan fingerprint density at radius 1 is 1.12 bits per heavy atom. The van der Waals surface area contributed by atoms with Gasteiger partial charge < -0.3 is 10.0 Å². The molecule has 2 aliphatic rings. The van der Waals surface area contributed by atoms with Crippen LogP contribution in [0.2, 0.25) is 0 Å². The minimum Gasteiger partial charge on any atom is -0.394 e. The Morgan fingerprint density at radius 3 is 2.71 bits per heavy atom. The molecule has 0 spiro atoms. The molecule has 4 rings (SSSR count). The lowest BCUT2D eigenvalue weighted by atomic mass is 9.89. The highest BCUT2D eigenvalue weighted by atomic mass is 32.2. The molecule has 2 atom stereocenters. The van der Waals surface area contributed by atoms with Crippen molar-refractivity contribution in [3.8, 4) is 0 Å². The van der Waals surface area contributed by atoms with E-state index < -0.39 is 0 Å². The van der Waals surface area contributed by atoms with Gasteiger partial charge in [-0.15, -0.1) is 11.8 Å². The van der Waals surface area contributed by atoms with Crippen LogP contribution in [0.5, 0.6) is 0 Å². The number of carbonyl (C=O) groups is 1. The van der Waals surface area contributed by atoms with E-state index in [0.29, 0.717) is 6.54 Å². The van der Waals surface area contributed by atoms with Gasteiger partial charge in [0.2, 0.25) is 5.91 Å². The summed E-state index contributed by atoms with van der Waals surface area (Å²) in [5.74, 6) is 1.06. The smallest absolute Gasteiger partial charge is 0.230 e. The molecule has 1 N–H and O–H groups in total. The summed E-state index contributed by atoms with van der Waals surface area (Å²) in [6, 6.07) is 16.4. The molecular weight excluding hydrogens is 318 g/mol. The summed E-state index contributed by atoms with van der Waals surface area (Å²) in [5.41, 5.74) is 3.60. The molecule has 0 bridgehead atoms. The van der Waals surface area contributed by atoms with Crippen molar-refractivity contribution >= 4 is 17.7 Å². The number of benzene rings is 2. The first-order valence-corrected chi connectivity index (χ1v) is 9.46. The molecule has 24 heavy (non-hydrogen) atoms. The zero-order valence-corrected chi connectivity index (χ0v) is 14.3. The summed E-state index contributed by atoms with van der Waals surface area (Å²) in [5, 5.41) is 9.83. The summed E-state index contributed by atoms with van der Waals surface area (Å²) in [6.45, 7) is 0.620. The van der Waals surface area contributed by atoms with Crippen molar-refractivity contribution in [2.24, 2.45) is 0 Å². The summed E-state index contributed by atoms with van der Waals surface area (Å²) in [7, 11) is 0. The van der Waals surface area contributed by atoms with Crippen LogP contribution in [0.3, 0.4) is 0 Å². The zero-order valence-electron chi connectivity index (χ0n) is 13.5. The van der Waals surface area contributed by atoms with E-state index in [1.165, 1.54) is 16.0 Å². The van der Waals surface area contributed by atoms with Gasteiger partial charge in [0.1, 0.15) is 0 Å². The lowest BCUT2D eigenvalue weighted by Crippen LogP contribution is -2.48. The molecular formula is C20H21NO2S. The summed E-state index contributed by atoms with van der Waals surface area (Å²) in [6.07, 6.45) is 1.61. The van der Waals surface area contributed by atoms with Gasteiger partial charge in [0.25, 0.3) is 0 Å². The van der Waals surface area contributed by atoms with Crippen molar-refractivity contribution in [2.75, 3.05) is 12.4 Å². The number of aliphatic hydroxyl groups is 1. The van der Waals surface area contributed by atoms with Crippen LogP contribution in [0.25, 0.3) is 0 Å². The summed E-state index contributed by atoms with van der Waals surface area (Å²) < 4.78 is 0. The van der Waals surface area contributed by atoms with Gasteiger partial charge >= 0.3 is 0 Å². The van der Waals surface area contributed by atoms with Crippen LogP contribution in [-0.4, -0.2) is 34.3 Å². The van der Waals surface area contributed by atoms with E-state index in [1.807, 2.05) is 40.9 Å². The van der Waals surface area contributed by atoms with Crippen molar-refractivity contribution < 1.29 is 9.90 Å². The van der Waals surface area contributed by atoms with E-state index in [1.54, 1.807) is 0 Å². The number of thioether (sulfide) groups is 1. The van der Waals surface area contributed by atoms with Crippen molar-refractivity contribution in [1.82, 2.24) is 4.90 Å². The largest absolute Gasteiger partial charge is 0.394 e. The first kappa shape index (κ1) is 15.7. The zero-order chi connectivity index (χ0) is 16.5. The molecule has 2 aromatic carbocycles. The fourth-order valence-corrected chi connectivity index (χ4v) is 4.93. The second-order valence-electron chi connectivity index (χ2n) is 6.50. The Hall–Kier alpha value is -1.78. The number of amides is 1. The molecule has 4 heteroatoms. The number of hydrogen-bond acceptors (Lipinski definition) is 3. The highest BCUT2D eigenvalue weighted by Crippen LogP contribution is 2.39. The molecule has 0 saturated carbocycles. The Balaban J connectivity index is 1.65. The molecule has 1 unspecified atom stereocenters. The standard InChI is InChI=1S/C20H21NO2S/c22-13-16-11-14-5-1-2-6-15(14)12-21(16)20(23)18-9-10-24-19-8-4-3-7-17(18)19/h1-8,16,18,22H,9-13H2/t16-,18?/m1/s1. The minimum atomic E-state index is -0.117. The van der Waals surface area contributed by atoms with Crippen LogP contribution in [-0.2, 0) is 17.8 Å². The molecule has 124 valence electrons. The van der Waals surface area contributed by atoms with Crippen LogP contribution in [0, 0.1) is 0 Å². The Bertz CT molecular complexity index is 761. The van der Waals surface area contributed by atoms with Gasteiger partial charge in [-0.25, -0.2) is 0 Å². The van der Waals surface area contributed by atoms with Crippen LogP contribution < -0.4 is 0 Å². The van der Waals surface area contributed by atoms with Crippen molar-refractivity contribution in [2.45, 2.75) is 36.2 Å². The maximum atomic E-state index is 13.3. The first-order chi connectivity index (χ1) is 11.8. The third-order valence-electron chi connectivity index (χ3n) is 5.11.